The van der Waals surface area contributed by atoms with Crippen LogP contribution in [0.25, 0.3) is 0 Å². The minimum atomic E-state index is -3.52. The van der Waals surface area contributed by atoms with Crippen molar-refractivity contribution in [2.45, 2.75) is 26.7 Å². The summed E-state index contributed by atoms with van der Waals surface area (Å²) in [5.74, 6) is 0.441. The first-order valence-electron chi connectivity index (χ1n) is 4.78. The molecular weight excluding hydrogens is 198 g/mol. The van der Waals surface area contributed by atoms with Crippen molar-refractivity contribution in [2.24, 2.45) is 16.5 Å². The Morgan fingerprint density at radius 2 is 2.14 bits per heavy atom. The van der Waals surface area contributed by atoms with Gasteiger partial charge in [0.2, 0.25) is 10.0 Å². The third kappa shape index (κ3) is 1.33. The van der Waals surface area contributed by atoms with Gasteiger partial charge in [0, 0.05) is 5.41 Å². The molecule has 2 aliphatic carbocycles. The van der Waals surface area contributed by atoms with E-state index in [2.05, 4.69) is 13.0 Å². The van der Waals surface area contributed by atoms with Gasteiger partial charge in [-0.2, -0.15) is 0 Å². The Balaban J connectivity index is 2.48. The van der Waals surface area contributed by atoms with Crippen LogP contribution in [0.3, 0.4) is 0 Å². The Bertz CT molecular complexity index is 433. The van der Waals surface area contributed by atoms with E-state index in [1.165, 1.54) is 0 Å². The van der Waals surface area contributed by atoms with Crippen LogP contribution < -0.4 is 5.14 Å². The second-order valence-electron chi connectivity index (χ2n) is 4.47. The first-order chi connectivity index (χ1) is 6.36. The summed E-state index contributed by atoms with van der Waals surface area (Å²) in [5, 5.41) is 5.23. The fraction of sp³-hybridized carbons (Fsp3) is 0.600. The molecule has 1 spiro atoms. The molecule has 2 rings (SSSR count). The molecule has 4 heteroatoms. The summed E-state index contributed by atoms with van der Waals surface area (Å²) in [6, 6.07) is 0. The molecule has 0 aromatic rings. The van der Waals surface area contributed by atoms with Crippen LogP contribution in [-0.4, -0.2) is 8.42 Å². The standard InChI is InChI=1S/C10H15NO2S/c1-7-3-4-10(6-8(10)2)9(5-7)14(11,12)13/h3,5,8H,4,6H2,1-2H3,(H2,11,12,13). The molecule has 78 valence electrons. The van der Waals surface area contributed by atoms with Crippen LogP contribution in [0, 0.1) is 11.3 Å². The zero-order chi connectivity index (χ0) is 10.6. The van der Waals surface area contributed by atoms with Crippen LogP contribution in [0.5, 0.6) is 0 Å². The number of allylic oxidation sites excluding steroid dienone is 4. The number of primary sulfonamides is 1. The van der Waals surface area contributed by atoms with Gasteiger partial charge in [-0.1, -0.05) is 18.6 Å². The summed E-state index contributed by atoms with van der Waals surface area (Å²) in [7, 11) is -3.52. The lowest BCUT2D eigenvalue weighted by molar-refractivity contribution is 0.550. The van der Waals surface area contributed by atoms with Gasteiger partial charge in [-0.05, 0) is 31.8 Å². The number of hydrogen-bond acceptors (Lipinski definition) is 2. The topological polar surface area (TPSA) is 60.2 Å². The Hall–Kier alpha value is -0.610. The van der Waals surface area contributed by atoms with Crippen molar-refractivity contribution in [2.75, 3.05) is 0 Å². The van der Waals surface area contributed by atoms with E-state index in [1.54, 1.807) is 6.08 Å². The Kier molecular flexibility index (Phi) is 1.92. The lowest BCUT2D eigenvalue weighted by Crippen LogP contribution is -2.24. The minimum Gasteiger partial charge on any atom is -0.225 e. The monoisotopic (exact) mass is 213 g/mol. The van der Waals surface area contributed by atoms with Crippen LogP contribution in [0.1, 0.15) is 26.7 Å². The number of sulfonamides is 1. The molecule has 0 aliphatic heterocycles. The molecule has 2 atom stereocenters. The van der Waals surface area contributed by atoms with E-state index in [-0.39, 0.29) is 5.41 Å². The van der Waals surface area contributed by atoms with Crippen molar-refractivity contribution in [3.05, 3.63) is 22.6 Å². The van der Waals surface area contributed by atoms with Crippen molar-refractivity contribution < 1.29 is 8.42 Å². The molecule has 2 N–H and O–H groups in total. The normalized spacial score (nSPS) is 36.6. The molecule has 0 heterocycles. The zero-order valence-corrected chi connectivity index (χ0v) is 9.26. The minimum absolute atomic E-state index is 0.160. The maximum absolute atomic E-state index is 11.4. The molecule has 14 heavy (non-hydrogen) atoms. The second-order valence-corrected chi connectivity index (χ2v) is 6.00. The highest BCUT2D eigenvalue weighted by molar-refractivity contribution is 7.93. The summed E-state index contributed by atoms with van der Waals surface area (Å²) in [5.41, 5.74) is 0.839. The lowest BCUT2D eigenvalue weighted by atomic mass is 9.92. The third-order valence-electron chi connectivity index (χ3n) is 3.40. The number of nitrogens with two attached hydrogens (primary N) is 1. The Labute approximate surface area is 84.7 Å². The molecule has 0 saturated heterocycles. The summed E-state index contributed by atoms with van der Waals surface area (Å²) in [6.07, 6.45) is 5.59. The summed E-state index contributed by atoms with van der Waals surface area (Å²) >= 11 is 0. The van der Waals surface area contributed by atoms with E-state index in [9.17, 15) is 8.42 Å². The van der Waals surface area contributed by atoms with Crippen LogP contribution >= 0.6 is 0 Å². The van der Waals surface area contributed by atoms with E-state index in [1.807, 2.05) is 6.92 Å². The van der Waals surface area contributed by atoms with E-state index in [0.29, 0.717) is 10.8 Å². The van der Waals surface area contributed by atoms with Gasteiger partial charge in [-0.25, -0.2) is 13.6 Å². The van der Waals surface area contributed by atoms with Crippen LogP contribution in [-0.2, 0) is 10.0 Å². The second kappa shape index (κ2) is 2.70. The predicted molar refractivity (Wildman–Crippen MR) is 55.8 cm³/mol. The van der Waals surface area contributed by atoms with Gasteiger partial charge in [-0.3, -0.25) is 0 Å². The summed E-state index contributed by atoms with van der Waals surface area (Å²) in [4.78, 5) is 0.442. The number of rotatable bonds is 1. The molecule has 0 aromatic carbocycles. The molecule has 1 fully saturated rings. The molecule has 0 amide bonds. The zero-order valence-electron chi connectivity index (χ0n) is 8.45. The fourth-order valence-corrected chi connectivity index (χ4v) is 3.62. The van der Waals surface area contributed by atoms with E-state index >= 15 is 0 Å². The average molecular weight is 213 g/mol. The molecule has 1 saturated carbocycles. The summed E-state index contributed by atoms with van der Waals surface area (Å²) in [6.45, 7) is 3.98. The van der Waals surface area contributed by atoms with Gasteiger partial charge in [-0.15, -0.1) is 0 Å². The highest BCUT2D eigenvalue weighted by atomic mass is 32.2. The van der Waals surface area contributed by atoms with Crippen molar-refractivity contribution in [1.29, 1.82) is 0 Å². The molecule has 3 nitrogen and oxygen atoms in total. The smallest absolute Gasteiger partial charge is 0.225 e. The van der Waals surface area contributed by atoms with Crippen molar-refractivity contribution in [3.8, 4) is 0 Å². The quantitative estimate of drug-likeness (QED) is 0.718. The predicted octanol–water partition coefficient (Wildman–Crippen LogP) is 1.54. The van der Waals surface area contributed by atoms with E-state index in [4.69, 9.17) is 5.14 Å². The average Bonchev–Trinajstić information content (AvgIpc) is 2.67. The molecule has 0 radical (unpaired) electrons. The first kappa shape index (κ1) is 9.93. The Morgan fingerprint density at radius 1 is 1.57 bits per heavy atom. The van der Waals surface area contributed by atoms with Gasteiger partial charge in [0.05, 0.1) is 4.91 Å². The number of hydrogen-bond donors (Lipinski definition) is 1. The van der Waals surface area contributed by atoms with E-state index in [0.717, 1.165) is 18.4 Å². The fourth-order valence-electron chi connectivity index (χ4n) is 2.33. The SMILES string of the molecule is CC1=CCC2(CC2C)C(S(N)(=O)=O)=C1. The lowest BCUT2D eigenvalue weighted by Gasteiger charge is -2.21. The largest absolute Gasteiger partial charge is 0.234 e. The van der Waals surface area contributed by atoms with Crippen molar-refractivity contribution in [3.63, 3.8) is 0 Å². The van der Waals surface area contributed by atoms with Crippen LogP contribution in [0.2, 0.25) is 0 Å². The van der Waals surface area contributed by atoms with Crippen molar-refractivity contribution >= 4 is 10.0 Å². The van der Waals surface area contributed by atoms with Gasteiger partial charge in [0.1, 0.15) is 0 Å². The van der Waals surface area contributed by atoms with Gasteiger partial charge >= 0.3 is 0 Å². The van der Waals surface area contributed by atoms with Crippen LogP contribution in [0.4, 0.5) is 0 Å². The first-order valence-corrected chi connectivity index (χ1v) is 6.33. The molecule has 0 bridgehead atoms. The van der Waals surface area contributed by atoms with Crippen molar-refractivity contribution in [1.82, 2.24) is 0 Å². The molecule has 2 unspecified atom stereocenters. The third-order valence-corrected chi connectivity index (χ3v) is 4.54. The van der Waals surface area contributed by atoms with Gasteiger partial charge < -0.3 is 0 Å². The van der Waals surface area contributed by atoms with Gasteiger partial charge in [0.25, 0.3) is 0 Å². The molecule has 2 aliphatic rings. The highest BCUT2D eigenvalue weighted by Gasteiger charge is 2.56. The highest BCUT2D eigenvalue weighted by Crippen LogP contribution is 2.62. The Morgan fingerprint density at radius 3 is 2.57 bits per heavy atom. The van der Waals surface area contributed by atoms with Crippen LogP contribution in [0.15, 0.2) is 22.6 Å². The summed E-state index contributed by atoms with van der Waals surface area (Å²) < 4.78 is 22.8. The molecular formula is C10H15NO2S. The maximum Gasteiger partial charge on any atom is 0.234 e. The maximum atomic E-state index is 11.4. The van der Waals surface area contributed by atoms with E-state index < -0.39 is 10.0 Å². The van der Waals surface area contributed by atoms with Gasteiger partial charge in [0.15, 0.2) is 0 Å². The molecule has 0 aromatic heterocycles.